The van der Waals surface area contributed by atoms with Crippen molar-refractivity contribution in [2.45, 2.75) is 57.5 Å². The zero-order valence-electron chi connectivity index (χ0n) is 11.8. The number of carbonyl (C=O) groups excluding carboxylic acids is 1. The van der Waals surface area contributed by atoms with E-state index in [0.29, 0.717) is 18.9 Å². The smallest absolute Gasteiger partial charge is 0.326 e. The fourth-order valence-electron chi connectivity index (χ4n) is 3.05. The molecule has 0 spiro atoms. The molecule has 0 aromatic heterocycles. The molecule has 2 fully saturated rings. The van der Waals surface area contributed by atoms with Gasteiger partial charge in [0.05, 0.1) is 5.54 Å². The van der Waals surface area contributed by atoms with Gasteiger partial charge in [-0.1, -0.05) is 13.3 Å². The summed E-state index contributed by atoms with van der Waals surface area (Å²) >= 11 is 0. The summed E-state index contributed by atoms with van der Waals surface area (Å²) in [6.45, 7) is 4.34. The summed E-state index contributed by atoms with van der Waals surface area (Å²) in [6, 6.07) is -0.701. The maximum atomic E-state index is 12.5. The van der Waals surface area contributed by atoms with E-state index >= 15 is 0 Å². The Morgan fingerprint density at radius 1 is 1.37 bits per heavy atom. The molecule has 2 rings (SSSR count). The summed E-state index contributed by atoms with van der Waals surface area (Å²) in [5.41, 5.74) is 5.25. The van der Waals surface area contributed by atoms with Crippen LogP contribution in [0.5, 0.6) is 0 Å². The average molecular weight is 268 g/mol. The van der Waals surface area contributed by atoms with Gasteiger partial charge in [-0.3, -0.25) is 4.79 Å². The molecule has 5 heteroatoms. The fraction of sp³-hybridized carbons (Fsp3) is 0.857. The molecule has 1 heterocycles. The molecule has 108 valence electrons. The van der Waals surface area contributed by atoms with Gasteiger partial charge >= 0.3 is 5.97 Å². The molecule has 3 unspecified atom stereocenters. The van der Waals surface area contributed by atoms with E-state index in [2.05, 4.69) is 6.92 Å². The molecule has 1 amide bonds. The van der Waals surface area contributed by atoms with Gasteiger partial charge in [0.1, 0.15) is 6.04 Å². The Hall–Kier alpha value is -1.10. The number of amides is 1. The van der Waals surface area contributed by atoms with Crippen molar-refractivity contribution in [1.29, 1.82) is 0 Å². The van der Waals surface area contributed by atoms with E-state index in [0.717, 1.165) is 25.7 Å². The molecule has 1 saturated carbocycles. The number of carboxylic acid groups (broad SMARTS) is 1. The molecule has 3 N–H and O–H groups in total. The maximum absolute atomic E-state index is 12.5. The molecule has 0 aromatic rings. The molecule has 1 aliphatic heterocycles. The number of hydrogen-bond donors (Lipinski definition) is 2. The lowest BCUT2D eigenvalue weighted by molar-refractivity contribution is -0.155. The zero-order chi connectivity index (χ0) is 14.2. The van der Waals surface area contributed by atoms with Gasteiger partial charge in [0, 0.05) is 6.54 Å². The van der Waals surface area contributed by atoms with Crippen molar-refractivity contribution in [2.75, 3.05) is 6.54 Å². The van der Waals surface area contributed by atoms with Crippen LogP contribution < -0.4 is 5.73 Å². The van der Waals surface area contributed by atoms with Gasteiger partial charge in [-0.25, -0.2) is 4.79 Å². The fourth-order valence-corrected chi connectivity index (χ4v) is 3.05. The second-order valence-corrected chi connectivity index (χ2v) is 6.21. The normalized spacial score (nSPS) is 30.8. The van der Waals surface area contributed by atoms with Crippen LogP contribution in [-0.4, -0.2) is 40.0 Å². The van der Waals surface area contributed by atoms with Crippen LogP contribution in [-0.2, 0) is 9.59 Å². The largest absolute Gasteiger partial charge is 0.480 e. The van der Waals surface area contributed by atoms with Gasteiger partial charge in [-0.05, 0) is 44.4 Å². The second kappa shape index (κ2) is 5.12. The minimum Gasteiger partial charge on any atom is -0.480 e. The Labute approximate surface area is 114 Å². The van der Waals surface area contributed by atoms with Gasteiger partial charge in [0.2, 0.25) is 5.91 Å². The minimum atomic E-state index is -0.905. The molecule has 0 radical (unpaired) electrons. The number of rotatable bonds is 4. The molecule has 19 heavy (non-hydrogen) atoms. The monoisotopic (exact) mass is 268 g/mol. The van der Waals surface area contributed by atoms with Crippen molar-refractivity contribution in [2.24, 2.45) is 17.6 Å². The number of aliphatic carboxylic acids is 1. The summed E-state index contributed by atoms with van der Waals surface area (Å²) in [5.74, 6) is -0.469. The third-order valence-electron chi connectivity index (χ3n) is 4.72. The second-order valence-electron chi connectivity index (χ2n) is 6.21. The summed E-state index contributed by atoms with van der Waals surface area (Å²) in [7, 11) is 0. The Balaban J connectivity index is 2.13. The van der Waals surface area contributed by atoms with E-state index in [9.17, 15) is 14.7 Å². The van der Waals surface area contributed by atoms with E-state index in [4.69, 9.17) is 5.73 Å². The Bertz CT molecular complexity index is 377. The van der Waals surface area contributed by atoms with Crippen LogP contribution in [0.4, 0.5) is 0 Å². The summed E-state index contributed by atoms with van der Waals surface area (Å²) in [6.07, 6.45) is 4.35. The third kappa shape index (κ3) is 2.76. The lowest BCUT2D eigenvalue weighted by Crippen LogP contribution is -2.60. The third-order valence-corrected chi connectivity index (χ3v) is 4.72. The van der Waals surface area contributed by atoms with Crippen LogP contribution in [0.15, 0.2) is 0 Å². The number of nitrogens with zero attached hydrogens (tertiary/aromatic N) is 1. The van der Waals surface area contributed by atoms with E-state index in [1.54, 1.807) is 6.92 Å². The highest BCUT2D eigenvalue weighted by atomic mass is 16.4. The van der Waals surface area contributed by atoms with E-state index in [-0.39, 0.29) is 11.8 Å². The topological polar surface area (TPSA) is 83.6 Å². The number of piperidine rings is 1. The molecule has 2 aliphatic rings. The van der Waals surface area contributed by atoms with Gasteiger partial charge in [-0.15, -0.1) is 0 Å². The first-order valence-electron chi connectivity index (χ1n) is 7.20. The minimum absolute atomic E-state index is 0.183. The number of hydrogen-bond acceptors (Lipinski definition) is 3. The highest BCUT2D eigenvalue weighted by Crippen LogP contribution is 2.40. The van der Waals surface area contributed by atoms with Gasteiger partial charge < -0.3 is 15.7 Å². The Morgan fingerprint density at radius 3 is 2.47 bits per heavy atom. The summed E-state index contributed by atoms with van der Waals surface area (Å²) < 4.78 is 0. The lowest BCUT2D eigenvalue weighted by Gasteiger charge is -2.40. The van der Waals surface area contributed by atoms with Crippen LogP contribution in [0.25, 0.3) is 0 Å². The van der Waals surface area contributed by atoms with Gasteiger partial charge in [-0.2, -0.15) is 0 Å². The molecule has 3 atom stereocenters. The van der Waals surface area contributed by atoms with Crippen molar-refractivity contribution in [1.82, 2.24) is 4.90 Å². The van der Waals surface area contributed by atoms with Crippen molar-refractivity contribution in [3.8, 4) is 0 Å². The lowest BCUT2D eigenvalue weighted by atomic mass is 9.86. The number of carbonyl (C=O) groups is 2. The number of carboxylic acids is 1. The zero-order valence-corrected chi connectivity index (χ0v) is 11.8. The molecular weight excluding hydrogens is 244 g/mol. The van der Waals surface area contributed by atoms with Crippen LogP contribution in [0.3, 0.4) is 0 Å². The van der Waals surface area contributed by atoms with Crippen LogP contribution in [0.1, 0.15) is 46.0 Å². The van der Waals surface area contributed by atoms with Crippen molar-refractivity contribution < 1.29 is 14.7 Å². The maximum Gasteiger partial charge on any atom is 0.326 e. The molecule has 1 saturated heterocycles. The van der Waals surface area contributed by atoms with E-state index in [1.165, 1.54) is 4.90 Å². The predicted molar refractivity (Wildman–Crippen MR) is 71.5 cm³/mol. The van der Waals surface area contributed by atoms with Crippen molar-refractivity contribution in [3.63, 3.8) is 0 Å². The molecular formula is C14H24N2O3. The van der Waals surface area contributed by atoms with Crippen LogP contribution >= 0.6 is 0 Å². The molecule has 5 nitrogen and oxygen atoms in total. The highest BCUT2D eigenvalue weighted by molar-refractivity contribution is 5.90. The van der Waals surface area contributed by atoms with Crippen molar-refractivity contribution >= 4 is 11.9 Å². The predicted octanol–water partition coefficient (Wildman–Crippen LogP) is 1.22. The first-order chi connectivity index (χ1) is 8.87. The standard InChI is InChI=1S/C14H24N2O3/c1-3-9-6-7-16(11(8-9)12(17)18)13(19)14(2,15)10-4-5-10/h9-11H,3-8,15H2,1-2H3,(H,17,18). The first kappa shape index (κ1) is 14.3. The Morgan fingerprint density at radius 2 is 2.00 bits per heavy atom. The van der Waals surface area contributed by atoms with Crippen LogP contribution in [0.2, 0.25) is 0 Å². The molecule has 0 aromatic carbocycles. The van der Waals surface area contributed by atoms with Crippen molar-refractivity contribution in [3.05, 3.63) is 0 Å². The van der Waals surface area contributed by atoms with Gasteiger partial charge in [0.15, 0.2) is 0 Å². The molecule has 0 bridgehead atoms. The summed E-state index contributed by atoms with van der Waals surface area (Å²) in [5, 5.41) is 9.36. The summed E-state index contributed by atoms with van der Waals surface area (Å²) in [4.78, 5) is 25.5. The van der Waals surface area contributed by atoms with Gasteiger partial charge in [0.25, 0.3) is 0 Å². The number of likely N-dealkylation sites (tertiary alicyclic amines) is 1. The number of nitrogens with two attached hydrogens (primary N) is 1. The highest BCUT2D eigenvalue weighted by Gasteiger charge is 2.48. The first-order valence-corrected chi connectivity index (χ1v) is 7.20. The SMILES string of the molecule is CCC1CCN(C(=O)C(C)(N)C2CC2)C(C(=O)O)C1. The molecule has 1 aliphatic carbocycles. The van der Waals surface area contributed by atoms with E-state index < -0.39 is 17.6 Å². The quantitative estimate of drug-likeness (QED) is 0.803. The van der Waals surface area contributed by atoms with Crippen LogP contribution in [0, 0.1) is 11.8 Å². The Kier molecular flexibility index (Phi) is 3.85. The average Bonchev–Trinajstić information content (AvgIpc) is 3.21. The van der Waals surface area contributed by atoms with E-state index in [1.807, 2.05) is 0 Å².